The third-order valence-electron chi connectivity index (χ3n) is 5.16. The molecule has 1 unspecified atom stereocenters. The lowest BCUT2D eigenvalue weighted by molar-refractivity contribution is 0.110. The van der Waals surface area contributed by atoms with Crippen LogP contribution in [0.4, 0.5) is 5.69 Å². The number of benzene rings is 2. The first kappa shape index (κ1) is 15.3. The van der Waals surface area contributed by atoms with Gasteiger partial charge in [-0.15, -0.1) is 0 Å². The van der Waals surface area contributed by atoms with Gasteiger partial charge in [-0.1, -0.05) is 12.1 Å². The van der Waals surface area contributed by atoms with Gasteiger partial charge in [0.2, 0.25) is 6.79 Å². The third-order valence-corrected chi connectivity index (χ3v) is 5.16. The second-order valence-corrected chi connectivity index (χ2v) is 6.57. The summed E-state index contributed by atoms with van der Waals surface area (Å²) >= 11 is 0. The summed E-state index contributed by atoms with van der Waals surface area (Å²) in [6, 6.07) is 8.40. The van der Waals surface area contributed by atoms with Crippen molar-refractivity contribution in [3.8, 4) is 11.5 Å². The molecule has 0 saturated heterocycles. The molecule has 3 aliphatic rings. The molecule has 5 heteroatoms. The highest BCUT2D eigenvalue weighted by atomic mass is 16.7. The van der Waals surface area contributed by atoms with Crippen molar-refractivity contribution in [1.82, 2.24) is 0 Å². The van der Waals surface area contributed by atoms with Crippen LogP contribution in [0, 0.1) is 0 Å². The fourth-order valence-electron chi connectivity index (χ4n) is 3.92. The van der Waals surface area contributed by atoms with Gasteiger partial charge < -0.3 is 23.8 Å². The van der Waals surface area contributed by atoms with Crippen LogP contribution >= 0.6 is 0 Å². The third kappa shape index (κ3) is 2.07. The largest absolute Gasteiger partial charge is 0.498 e. The summed E-state index contributed by atoms with van der Waals surface area (Å²) in [4.78, 5) is 2.16. The molecule has 1 aliphatic carbocycles. The fourth-order valence-corrected chi connectivity index (χ4v) is 3.92. The monoisotopic (exact) mass is 349 g/mol. The topological polar surface area (TPSA) is 40.2 Å². The molecule has 0 amide bonds. The lowest BCUT2D eigenvalue weighted by Crippen LogP contribution is -2.22. The van der Waals surface area contributed by atoms with Gasteiger partial charge in [0.25, 0.3) is 0 Å². The van der Waals surface area contributed by atoms with Crippen LogP contribution in [-0.2, 0) is 9.47 Å². The molecule has 0 fully saturated rings. The predicted molar refractivity (Wildman–Crippen MR) is 100 cm³/mol. The minimum Gasteiger partial charge on any atom is -0.498 e. The Bertz CT molecular complexity index is 1020. The van der Waals surface area contributed by atoms with E-state index in [9.17, 15) is 0 Å². The van der Waals surface area contributed by atoms with Gasteiger partial charge in [-0.05, 0) is 35.2 Å². The second kappa shape index (κ2) is 5.54. The zero-order valence-corrected chi connectivity index (χ0v) is 14.9. The zero-order chi connectivity index (χ0) is 17.8. The molecule has 5 rings (SSSR count). The molecule has 26 heavy (non-hydrogen) atoms. The normalized spacial score (nSPS) is 20.2. The summed E-state index contributed by atoms with van der Waals surface area (Å²) in [6.45, 7) is 0.277. The lowest BCUT2D eigenvalue weighted by atomic mass is 9.86. The highest BCUT2D eigenvalue weighted by Crippen LogP contribution is 2.46. The molecule has 0 bridgehead atoms. The molecule has 0 N–H and O–H groups in total. The van der Waals surface area contributed by atoms with Gasteiger partial charge in [0, 0.05) is 36.9 Å². The highest BCUT2D eigenvalue weighted by Gasteiger charge is 2.28. The van der Waals surface area contributed by atoms with Gasteiger partial charge in [-0.2, -0.15) is 0 Å². The predicted octanol–water partition coefficient (Wildman–Crippen LogP) is 3.84. The quantitative estimate of drug-likeness (QED) is 0.824. The number of rotatable bonds is 2. The molecule has 0 aromatic heterocycles. The molecule has 2 aliphatic heterocycles. The number of methoxy groups -OCH3 is 2. The molecular weight excluding hydrogens is 330 g/mol. The molecular formula is C21H19NO4. The Hall–Kier alpha value is -2.92. The molecule has 132 valence electrons. The molecule has 1 atom stereocenters. The molecule has 0 saturated carbocycles. The van der Waals surface area contributed by atoms with E-state index in [0.717, 1.165) is 44.9 Å². The molecule has 0 spiro atoms. The van der Waals surface area contributed by atoms with Gasteiger partial charge in [0.1, 0.15) is 11.9 Å². The van der Waals surface area contributed by atoms with E-state index in [4.69, 9.17) is 18.9 Å². The van der Waals surface area contributed by atoms with E-state index in [1.54, 1.807) is 14.2 Å². The van der Waals surface area contributed by atoms with Crippen LogP contribution in [0.5, 0.6) is 11.5 Å². The smallest absolute Gasteiger partial charge is 0.231 e. The van der Waals surface area contributed by atoms with Crippen LogP contribution in [-0.4, -0.2) is 34.2 Å². The first-order chi connectivity index (χ1) is 12.7. The van der Waals surface area contributed by atoms with Crippen molar-refractivity contribution in [2.45, 2.75) is 6.10 Å². The number of anilines is 1. The Kier molecular flexibility index (Phi) is 3.27. The molecule has 0 radical (unpaired) electrons. The van der Waals surface area contributed by atoms with Gasteiger partial charge in [0.05, 0.1) is 12.8 Å². The van der Waals surface area contributed by atoms with E-state index in [-0.39, 0.29) is 12.9 Å². The number of fused-ring (bicyclic) bond motifs is 6. The van der Waals surface area contributed by atoms with Crippen LogP contribution in [0.25, 0.3) is 16.3 Å². The summed E-state index contributed by atoms with van der Waals surface area (Å²) in [5.41, 5.74) is 4.60. The van der Waals surface area contributed by atoms with Crippen molar-refractivity contribution < 1.29 is 18.9 Å². The van der Waals surface area contributed by atoms with Crippen LogP contribution in [0.1, 0.15) is 5.56 Å². The van der Waals surface area contributed by atoms with Gasteiger partial charge in [-0.3, -0.25) is 0 Å². The molecule has 5 nitrogen and oxygen atoms in total. The van der Waals surface area contributed by atoms with E-state index in [1.165, 1.54) is 5.56 Å². The average molecular weight is 349 g/mol. The minimum atomic E-state index is -0.184. The summed E-state index contributed by atoms with van der Waals surface area (Å²) < 4.78 is 22.2. The van der Waals surface area contributed by atoms with E-state index in [0.29, 0.717) is 0 Å². The van der Waals surface area contributed by atoms with E-state index in [2.05, 4.69) is 42.4 Å². The minimum absolute atomic E-state index is 0.184. The van der Waals surface area contributed by atoms with Crippen molar-refractivity contribution in [2.75, 3.05) is 33.0 Å². The first-order valence-corrected chi connectivity index (χ1v) is 8.51. The van der Waals surface area contributed by atoms with Crippen LogP contribution in [0.3, 0.4) is 0 Å². The highest BCUT2D eigenvalue weighted by molar-refractivity contribution is 6.06. The van der Waals surface area contributed by atoms with Crippen molar-refractivity contribution in [1.29, 1.82) is 0 Å². The summed E-state index contributed by atoms with van der Waals surface area (Å²) in [5.74, 6) is 2.41. The van der Waals surface area contributed by atoms with E-state index in [1.807, 2.05) is 12.1 Å². The van der Waals surface area contributed by atoms with Gasteiger partial charge in [0.15, 0.2) is 11.5 Å². The Morgan fingerprint density at radius 3 is 2.69 bits per heavy atom. The Morgan fingerprint density at radius 1 is 1.12 bits per heavy atom. The molecule has 2 aromatic rings. The SMILES string of the molecule is COC1=CC2=CN(C)c3c(ccc4cc5c(cc34)OCO5)C2=CC1OC. The maximum Gasteiger partial charge on any atom is 0.231 e. The fraction of sp³-hybridized carbons (Fsp3) is 0.238. The van der Waals surface area contributed by atoms with Crippen molar-refractivity contribution in [2.24, 2.45) is 0 Å². The van der Waals surface area contributed by atoms with Crippen LogP contribution in [0.15, 0.2) is 53.9 Å². The van der Waals surface area contributed by atoms with E-state index < -0.39 is 0 Å². The van der Waals surface area contributed by atoms with E-state index >= 15 is 0 Å². The lowest BCUT2D eigenvalue weighted by Gasteiger charge is -2.32. The number of allylic oxidation sites excluding steroid dienone is 3. The van der Waals surface area contributed by atoms with Crippen LogP contribution in [0.2, 0.25) is 0 Å². The average Bonchev–Trinajstić information content (AvgIpc) is 3.12. The molecule has 2 heterocycles. The Balaban J connectivity index is 1.74. The maximum absolute atomic E-state index is 5.59. The standard InChI is InChI=1S/C21H19NO4/c1-22-10-13-7-17(23-2)18(24-3)8-15(13)14-5-4-12-6-19-20(26-11-25-19)9-16(12)21(14)22/h4-10,18H,11H2,1-3H3. The summed E-state index contributed by atoms with van der Waals surface area (Å²) in [5, 5.41) is 2.27. The van der Waals surface area contributed by atoms with Crippen molar-refractivity contribution >= 4 is 22.0 Å². The molecule has 2 aromatic carbocycles. The van der Waals surface area contributed by atoms with Crippen LogP contribution < -0.4 is 14.4 Å². The number of hydrogen-bond acceptors (Lipinski definition) is 5. The summed E-state index contributed by atoms with van der Waals surface area (Å²) in [7, 11) is 5.43. The zero-order valence-electron chi connectivity index (χ0n) is 14.9. The second-order valence-electron chi connectivity index (χ2n) is 6.57. The van der Waals surface area contributed by atoms with Gasteiger partial charge >= 0.3 is 0 Å². The number of ether oxygens (including phenoxy) is 4. The first-order valence-electron chi connectivity index (χ1n) is 8.51. The summed E-state index contributed by atoms with van der Waals surface area (Å²) in [6.07, 6.45) is 6.11. The van der Waals surface area contributed by atoms with Crippen molar-refractivity contribution in [3.05, 3.63) is 59.5 Å². The Morgan fingerprint density at radius 2 is 1.92 bits per heavy atom. The van der Waals surface area contributed by atoms with Crippen molar-refractivity contribution in [3.63, 3.8) is 0 Å². The number of nitrogens with zero attached hydrogens (tertiary/aromatic N) is 1. The Labute approximate surface area is 151 Å². The van der Waals surface area contributed by atoms with Gasteiger partial charge in [-0.25, -0.2) is 0 Å². The maximum atomic E-state index is 5.59. The number of hydrogen-bond donors (Lipinski definition) is 0.